The summed E-state index contributed by atoms with van der Waals surface area (Å²) in [6.45, 7) is 5.08. The zero-order valence-corrected chi connectivity index (χ0v) is 19.3. The maximum atomic E-state index is 12.1. The summed E-state index contributed by atoms with van der Waals surface area (Å²) < 4.78 is 33.4. The van der Waals surface area contributed by atoms with E-state index in [-0.39, 0.29) is 4.90 Å². The van der Waals surface area contributed by atoms with Gasteiger partial charge in [-0.2, -0.15) is 0 Å². The Morgan fingerprint density at radius 2 is 1.90 bits per heavy atom. The Kier molecular flexibility index (Phi) is 7.96. The van der Waals surface area contributed by atoms with E-state index in [1.807, 2.05) is 6.08 Å². The first-order chi connectivity index (χ1) is 14.4. The van der Waals surface area contributed by atoms with Crippen LogP contribution in [0.25, 0.3) is 0 Å². The van der Waals surface area contributed by atoms with Crippen LogP contribution in [0.4, 0.5) is 0 Å². The molecule has 0 saturated heterocycles. The van der Waals surface area contributed by atoms with Crippen LogP contribution in [-0.4, -0.2) is 53.9 Å². The number of hydrogen-bond acceptors (Lipinski definition) is 6. The maximum absolute atomic E-state index is 12.1. The molecule has 3 rings (SSSR count). The Bertz CT molecular complexity index is 934. The van der Waals surface area contributed by atoms with E-state index in [2.05, 4.69) is 21.3 Å². The summed E-state index contributed by atoms with van der Waals surface area (Å²) in [6.07, 6.45) is 8.09. The van der Waals surface area contributed by atoms with Gasteiger partial charge in [-0.25, -0.2) is 12.7 Å². The lowest BCUT2D eigenvalue weighted by atomic mass is 9.89. The van der Waals surface area contributed by atoms with Gasteiger partial charge in [-0.15, -0.1) is 16.8 Å². The van der Waals surface area contributed by atoms with Crippen LogP contribution in [0.15, 0.2) is 47.0 Å². The van der Waals surface area contributed by atoms with Gasteiger partial charge in [0.1, 0.15) is 11.6 Å². The van der Waals surface area contributed by atoms with Gasteiger partial charge in [0.25, 0.3) is 0 Å². The molecule has 0 unspecified atom stereocenters. The second kappa shape index (κ2) is 10.5. The highest BCUT2D eigenvalue weighted by Crippen LogP contribution is 2.33. The van der Waals surface area contributed by atoms with Crippen LogP contribution >= 0.6 is 11.8 Å². The van der Waals surface area contributed by atoms with Crippen molar-refractivity contribution >= 4 is 21.8 Å². The number of ether oxygens (including phenoxy) is 1. The molecule has 0 radical (unpaired) electrons. The molecule has 2 aromatic rings. The Morgan fingerprint density at radius 3 is 2.53 bits per heavy atom. The molecule has 1 aliphatic rings. The second-order valence-electron chi connectivity index (χ2n) is 7.53. The van der Waals surface area contributed by atoms with Gasteiger partial charge < -0.3 is 9.30 Å². The Hall–Kier alpha value is -1.84. The molecule has 1 fully saturated rings. The van der Waals surface area contributed by atoms with E-state index in [0.29, 0.717) is 24.8 Å². The summed E-state index contributed by atoms with van der Waals surface area (Å²) in [5.74, 6) is 2.94. The van der Waals surface area contributed by atoms with Crippen molar-refractivity contribution in [1.29, 1.82) is 0 Å². The van der Waals surface area contributed by atoms with E-state index >= 15 is 0 Å². The highest BCUT2D eigenvalue weighted by atomic mass is 32.2. The molecule has 1 aliphatic carbocycles. The number of allylic oxidation sites excluding steroid dienone is 1. The summed E-state index contributed by atoms with van der Waals surface area (Å²) in [6, 6.07) is 6.49. The van der Waals surface area contributed by atoms with Crippen molar-refractivity contribution in [2.24, 2.45) is 0 Å². The molecule has 1 aromatic carbocycles. The lowest BCUT2D eigenvalue weighted by Gasteiger charge is -2.21. The predicted octanol–water partition coefficient (Wildman–Crippen LogP) is 3.93. The van der Waals surface area contributed by atoms with Gasteiger partial charge in [0.2, 0.25) is 10.0 Å². The van der Waals surface area contributed by atoms with Crippen molar-refractivity contribution in [3.63, 3.8) is 0 Å². The molecule has 0 spiro atoms. The van der Waals surface area contributed by atoms with Crippen LogP contribution in [-0.2, 0) is 16.6 Å². The zero-order valence-electron chi connectivity index (χ0n) is 17.7. The van der Waals surface area contributed by atoms with Gasteiger partial charge in [0, 0.05) is 32.3 Å². The standard InChI is InChI=1S/C21H30N4O3S2/c1-4-14-25-20(17-8-6-5-7-9-17)22-23-21(25)29-16-15-28-18-10-12-19(13-11-18)30(26,27)24(2)3/h4,10-13,17H,1,5-9,14-16H2,2-3H3. The minimum Gasteiger partial charge on any atom is -0.493 e. The van der Waals surface area contributed by atoms with Gasteiger partial charge in [0.05, 0.1) is 11.5 Å². The zero-order chi connectivity index (χ0) is 21.6. The van der Waals surface area contributed by atoms with E-state index < -0.39 is 10.0 Å². The summed E-state index contributed by atoms with van der Waals surface area (Å²) in [4.78, 5) is 0.252. The molecule has 0 bridgehead atoms. The number of aromatic nitrogens is 3. The van der Waals surface area contributed by atoms with E-state index in [4.69, 9.17) is 4.74 Å². The topological polar surface area (TPSA) is 77.3 Å². The van der Waals surface area contributed by atoms with Crippen molar-refractivity contribution in [2.75, 3.05) is 26.5 Å². The van der Waals surface area contributed by atoms with Gasteiger partial charge >= 0.3 is 0 Å². The fourth-order valence-electron chi connectivity index (χ4n) is 3.58. The van der Waals surface area contributed by atoms with Gasteiger partial charge in [0.15, 0.2) is 5.16 Å². The normalized spacial score (nSPS) is 15.4. The molecular weight excluding hydrogens is 420 g/mol. The highest BCUT2D eigenvalue weighted by molar-refractivity contribution is 7.99. The summed E-state index contributed by atoms with van der Waals surface area (Å²) in [5, 5.41) is 9.79. The van der Waals surface area contributed by atoms with Crippen LogP contribution in [0.2, 0.25) is 0 Å². The average Bonchev–Trinajstić information content (AvgIpc) is 3.15. The van der Waals surface area contributed by atoms with E-state index in [1.54, 1.807) is 36.0 Å². The first kappa shape index (κ1) is 22.8. The summed E-state index contributed by atoms with van der Waals surface area (Å²) in [5.41, 5.74) is 0. The van der Waals surface area contributed by atoms with E-state index in [0.717, 1.165) is 16.7 Å². The molecule has 1 aromatic heterocycles. The van der Waals surface area contributed by atoms with Crippen LogP contribution in [0, 0.1) is 0 Å². The first-order valence-corrected chi connectivity index (χ1v) is 12.7. The number of sulfonamides is 1. The Labute approximate surface area is 183 Å². The molecular formula is C21H30N4O3S2. The monoisotopic (exact) mass is 450 g/mol. The number of benzene rings is 1. The number of hydrogen-bond donors (Lipinski definition) is 0. The van der Waals surface area contributed by atoms with Gasteiger partial charge in [-0.05, 0) is 37.1 Å². The van der Waals surface area contributed by atoms with E-state index in [1.165, 1.54) is 50.5 Å². The fraction of sp³-hybridized carbons (Fsp3) is 0.524. The third-order valence-corrected chi connectivity index (χ3v) is 7.97. The smallest absolute Gasteiger partial charge is 0.242 e. The SMILES string of the molecule is C=CCn1c(SCCOc2ccc(S(=O)(=O)N(C)C)cc2)nnc1C1CCCCC1. The number of rotatable bonds is 10. The second-order valence-corrected chi connectivity index (χ2v) is 10.7. The highest BCUT2D eigenvalue weighted by Gasteiger charge is 2.23. The lowest BCUT2D eigenvalue weighted by Crippen LogP contribution is -2.22. The lowest BCUT2D eigenvalue weighted by molar-refractivity contribution is 0.343. The minimum absolute atomic E-state index is 0.252. The molecule has 9 heteroatoms. The van der Waals surface area contributed by atoms with Gasteiger partial charge in [-0.1, -0.05) is 37.1 Å². The van der Waals surface area contributed by atoms with Crippen molar-refractivity contribution in [3.8, 4) is 5.75 Å². The van der Waals surface area contributed by atoms with Crippen LogP contribution in [0.3, 0.4) is 0 Å². The van der Waals surface area contributed by atoms with Gasteiger partial charge in [-0.3, -0.25) is 0 Å². The fourth-order valence-corrected chi connectivity index (χ4v) is 5.25. The predicted molar refractivity (Wildman–Crippen MR) is 120 cm³/mol. The first-order valence-electron chi connectivity index (χ1n) is 10.3. The van der Waals surface area contributed by atoms with E-state index in [9.17, 15) is 8.42 Å². The molecule has 164 valence electrons. The molecule has 0 amide bonds. The van der Waals surface area contributed by atoms with Crippen molar-refractivity contribution < 1.29 is 13.2 Å². The molecule has 0 N–H and O–H groups in total. The average molecular weight is 451 g/mol. The molecule has 7 nitrogen and oxygen atoms in total. The largest absolute Gasteiger partial charge is 0.493 e. The Balaban J connectivity index is 1.55. The Morgan fingerprint density at radius 1 is 1.20 bits per heavy atom. The maximum Gasteiger partial charge on any atom is 0.242 e. The van der Waals surface area contributed by atoms with Crippen molar-refractivity contribution in [2.45, 2.75) is 54.6 Å². The van der Waals surface area contributed by atoms with Crippen LogP contribution < -0.4 is 4.74 Å². The quantitative estimate of drug-likeness (QED) is 0.310. The number of thioether (sulfide) groups is 1. The van der Waals surface area contributed by atoms with Crippen molar-refractivity contribution in [1.82, 2.24) is 19.1 Å². The molecule has 0 atom stereocenters. The van der Waals surface area contributed by atoms with Crippen LogP contribution in [0.5, 0.6) is 5.75 Å². The summed E-state index contributed by atoms with van der Waals surface area (Å²) in [7, 11) is -0.393. The third-order valence-electron chi connectivity index (χ3n) is 5.21. The van der Waals surface area contributed by atoms with Crippen molar-refractivity contribution in [3.05, 3.63) is 42.7 Å². The summed E-state index contributed by atoms with van der Waals surface area (Å²) >= 11 is 1.62. The van der Waals surface area contributed by atoms with Crippen LogP contribution in [0.1, 0.15) is 43.8 Å². The molecule has 1 heterocycles. The number of nitrogens with zero attached hydrogens (tertiary/aromatic N) is 4. The molecule has 0 aliphatic heterocycles. The molecule has 30 heavy (non-hydrogen) atoms. The minimum atomic E-state index is -3.42. The third kappa shape index (κ3) is 5.44. The molecule has 1 saturated carbocycles.